The molecule has 1 amide bonds. The molecule has 1 fully saturated rings. The number of rotatable bonds is 7. The topological polar surface area (TPSA) is 76.4 Å². The van der Waals surface area contributed by atoms with Gasteiger partial charge in [-0.05, 0) is 48.0 Å². The lowest BCUT2D eigenvalue weighted by molar-refractivity contribution is 0.0628. The van der Waals surface area contributed by atoms with Gasteiger partial charge < -0.3 is 9.64 Å². The Hall–Kier alpha value is -3.26. The third-order valence-corrected chi connectivity index (χ3v) is 5.41. The molecule has 8 nitrogen and oxygen atoms in total. The first-order valence-electron chi connectivity index (χ1n) is 10.7. The lowest BCUT2D eigenvalue weighted by Crippen LogP contribution is -2.48. The molecule has 1 saturated heterocycles. The number of ether oxygens (including phenoxy) is 1. The van der Waals surface area contributed by atoms with Crippen molar-refractivity contribution >= 4 is 5.91 Å². The number of carbonyl (C=O) groups excluding carboxylic acids is 1. The minimum Gasteiger partial charge on any atom is -0.486 e. The number of hydrogen-bond donors (Lipinski definition) is 0. The van der Waals surface area contributed by atoms with Gasteiger partial charge in [0.2, 0.25) is 0 Å². The van der Waals surface area contributed by atoms with Crippen molar-refractivity contribution in [2.75, 3.05) is 26.2 Å². The highest BCUT2D eigenvalue weighted by atomic mass is 16.5. The Morgan fingerprint density at radius 3 is 2.55 bits per heavy atom. The molecule has 2 aromatic carbocycles. The Bertz CT molecular complexity index is 996. The third-order valence-electron chi connectivity index (χ3n) is 5.41. The fourth-order valence-corrected chi connectivity index (χ4v) is 3.71. The van der Waals surface area contributed by atoms with E-state index in [-0.39, 0.29) is 18.6 Å². The average molecular weight is 421 g/mol. The molecule has 1 aliphatic rings. The van der Waals surface area contributed by atoms with E-state index in [4.69, 9.17) is 4.74 Å². The van der Waals surface area contributed by atoms with Crippen LogP contribution in [0, 0.1) is 0 Å². The number of hydrogen-bond acceptors (Lipinski definition) is 6. The van der Waals surface area contributed by atoms with E-state index in [1.54, 1.807) is 10.7 Å². The molecule has 31 heavy (non-hydrogen) atoms. The number of amides is 1. The first kappa shape index (κ1) is 21.0. The van der Waals surface area contributed by atoms with Crippen LogP contribution in [0.1, 0.15) is 41.6 Å². The summed E-state index contributed by atoms with van der Waals surface area (Å²) in [6.07, 6.45) is 0. The van der Waals surface area contributed by atoms with Crippen molar-refractivity contribution in [3.05, 3.63) is 71.5 Å². The van der Waals surface area contributed by atoms with Crippen LogP contribution >= 0.6 is 0 Å². The Morgan fingerprint density at radius 1 is 1.03 bits per heavy atom. The van der Waals surface area contributed by atoms with Crippen molar-refractivity contribution in [3.63, 3.8) is 0 Å². The number of aromatic nitrogens is 4. The van der Waals surface area contributed by atoms with Gasteiger partial charge in [-0.3, -0.25) is 9.69 Å². The number of benzene rings is 2. The molecule has 1 aromatic heterocycles. The fraction of sp³-hybridized carbons (Fsp3) is 0.391. The van der Waals surface area contributed by atoms with Gasteiger partial charge in [0.05, 0.1) is 6.04 Å². The maximum absolute atomic E-state index is 13.0. The summed E-state index contributed by atoms with van der Waals surface area (Å²) in [5, 5.41) is 11.7. The molecule has 4 rings (SSSR count). The van der Waals surface area contributed by atoms with E-state index in [0.29, 0.717) is 17.1 Å². The summed E-state index contributed by atoms with van der Waals surface area (Å²) >= 11 is 0. The van der Waals surface area contributed by atoms with Gasteiger partial charge >= 0.3 is 0 Å². The van der Waals surface area contributed by atoms with E-state index >= 15 is 0 Å². The van der Waals surface area contributed by atoms with Gasteiger partial charge in [0.15, 0.2) is 5.82 Å². The molecular weight excluding hydrogens is 392 g/mol. The summed E-state index contributed by atoms with van der Waals surface area (Å²) in [5.41, 5.74) is 1.94. The molecule has 162 valence electrons. The smallest absolute Gasteiger partial charge is 0.254 e. The summed E-state index contributed by atoms with van der Waals surface area (Å²) in [7, 11) is 0. The molecule has 0 atom stereocenters. The molecular formula is C23H28N6O2. The SMILES string of the molecule is CC(C)n1nnnc1COc1cccc(C(=O)N2CCN(Cc3ccccc3)CC2)c1. The maximum atomic E-state index is 13.0. The molecule has 0 bridgehead atoms. The van der Waals surface area contributed by atoms with E-state index in [0.717, 1.165) is 32.7 Å². The molecule has 1 aliphatic heterocycles. The predicted molar refractivity (Wildman–Crippen MR) is 117 cm³/mol. The van der Waals surface area contributed by atoms with Gasteiger partial charge in [-0.15, -0.1) is 5.10 Å². The molecule has 3 aromatic rings. The number of tetrazole rings is 1. The van der Waals surface area contributed by atoms with Gasteiger partial charge in [0.1, 0.15) is 12.4 Å². The first-order valence-corrected chi connectivity index (χ1v) is 10.7. The highest BCUT2D eigenvalue weighted by Gasteiger charge is 2.22. The molecule has 2 heterocycles. The van der Waals surface area contributed by atoms with E-state index < -0.39 is 0 Å². The second-order valence-electron chi connectivity index (χ2n) is 8.00. The highest BCUT2D eigenvalue weighted by Crippen LogP contribution is 2.18. The Morgan fingerprint density at radius 2 is 1.81 bits per heavy atom. The molecule has 8 heteroatoms. The summed E-state index contributed by atoms with van der Waals surface area (Å²) in [5.74, 6) is 1.32. The van der Waals surface area contributed by atoms with E-state index in [1.165, 1.54) is 5.56 Å². The summed E-state index contributed by atoms with van der Waals surface area (Å²) in [6, 6.07) is 17.9. The molecule has 0 unspecified atom stereocenters. The van der Waals surface area contributed by atoms with Crippen LogP contribution in [0.3, 0.4) is 0 Å². The summed E-state index contributed by atoms with van der Waals surface area (Å²) in [6.45, 7) is 8.38. The van der Waals surface area contributed by atoms with Crippen LogP contribution in [0.25, 0.3) is 0 Å². The first-order chi connectivity index (χ1) is 15.1. The van der Waals surface area contributed by atoms with Crippen molar-refractivity contribution in [3.8, 4) is 5.75 Å². The fourth-order valence-electron chi connectivity index (χ4n) is 3.71. The van der Waals surface area contributed by atoms with E-state index in [2.05, 4.69) is 44.7 Å². The largest absolute Gasteiger partial charge is 0.486 e. The normalized spacial score (nSPS) is 14.7. The molecule has 0 saturated carbocycles. The van der Waals surface area contributed by atoms with Crippen molar-refractivity contribution in [1.82, 2.24) is 30.0 Å². The van der Waals surface area contributed by atoms with Gasteiger partial charge in [0, 0.05) is 38.3 Å². The quantitative estimate of drug-likeness (QED) is 0.585. The molecule has 0 spiro atoms. The zero-order valence-electron chi connectivity index (χ0n) is 18.0. The van der Waals surface area contributed by atoms with Gasteiger partial charge in [0.25, 0.3) is 5.91 Å². The Labute approximate surface area is 182 Å². The van der Waals surface area contributed by atoms with Crippen molar-refractivity contribution < 1.29 is 9.53 Å². The monoisotopic (exact) mass is 420 g/mol. The Balaban J connectivity index is 1.32. The van der Waals surface area contributed by atoms with Crippen LogP contribution in [0.15, 0.2) is 54.6 Å². The zero-order valence-corrected chi connectivity index (χ0v) is 18.0. The van der Waals surface area contributed by atoms with Gasteiger partial charge in [-0.1, -0.05) is 36.4 Å². The Kier molecular flexibility index (Phi) is 6.57. The van der Waals surface area contributed by atoms with Crippen molar-refractivity contribution in [2.24, 2.45) is 0 Å². The second-order valence-corrected chi connectivity index (χ2v) is 8.00. The van der Waals surface area contributed by atoms with Crippen LogP contribution in [-0.4, -0.2) is 62.1 Å². The van der Waals surface area contributed by atoms with Crippen LogP contribution in [0.4, 0.5) is 0 Å². The summed E-state index contributed by atoms with van der Waals surface area (Å²) in [4.78, 5) is 17.3. The van der Waals surface area contributed by atoms with Gasteiger partial charge in [-0.25, -0.2) is 4.68 Å². The minimum atomic E-state index is 0.0387. The lowest BCUT2D eigenvalue weighted by Gasteiger charge is -2.34. The highest BCUT2D eigenvalue weighted by molar-refractivity contribution is 5.94. The van der Waals surface area contributed by atoms with E-state index in [1.807, 2.05) is 43.0 Å². The summed E-state index contributed by atoms with van der Waals surface area (Å²) < 4.78 is 7.59. The zero-order chi connectivity index (χ0) is 21.6. The van der Waals surface area contributed by atoms with E-state index in [9.17, 15) is 4.79 Å². The van der Waals surface area contributed by atoms with Crippen LogP contribution in [0.2, 0.25) is 0 Å². The third kappa shape index (κ3) is 5.27. The predicted octanol–water partition coefficient (Wildman–Crippen LogP) is 2.79. The van der Waals surface area contributed by atoms with Gasteiger partial charge in [-0.2, -0.15) is 0 Å². The standard InChI is InChI=1S/C23H28N6O2/c1-18(2)29-22(24-25-26-29)17-31-21-10-6-9-20(15-21)23(30)28-13-11-27(12-14-28)16-19-7-4-3-5-8-19/h3-10,15,18H,11-14,16-17H2,1-2H3. The number of piperazine rings is 1. The lowest BCUT2D eigenvalue weighted by atomic mass is 10.1. The van der Waals surface area contributed by atoms with Crippen LogP contribution in [-0.2, 0) is 13.2 Å². The molecule has 0 aliphatic carbocycles. The van der Waals surface area contributed by atoms with Crippen molar-refractivity contribution in [1.29, 1.82) is 0 Å². The molecule has 0 N–H and O–H groups in total. The minimum absolute atomic E-state index is 0.0387. The van der Waals surface area contributed by atoms with Crippen LogP contribution < -0.4 is 4.74 Å². The number of nitrogens with zero attached hydrogens (tertiary/aromatic N) is 6. The maximum Gasteiger partial charge on any atom is 0.254 e. The average Bonchev–Trinajstić information content (AvgIpc) is 3.28. The van der Waals surface area contributed by atoms with Crippen molar-refractivity contribution in [2.45, 2.75) is 33.0 Å². The number of carbonyl (C=O) groups is 1. The molecule has 0 radical (unpaired) electrons. The second kappa shape index (κ2) is 9.70. The van der Waals surface area contributed by atoms with Crippen LogP contribution in [0.5, 0.6) is 5.75 Å².